The lowest BCUT2D eigenvalue weighted by Gasteiger charge is -2.40. The first-order valence-electron chi connectivity index (χ1n) is 13.6. The van der Waals surface area contributed by atoms with E-state index in [1.807, 2.05) is 24.3 Å². The smallest absolute Gasteiger partial charge is 0.242 e. The molecule has 4 aromatic rings. The van der Waals surface area contributed by atoms with Crippen LogP contribution in [0, 0.1) is 11.6 Å². The van der Waals surface area contributed by atoms with Crippen LogP contribution < -0.4 is 15.0 Å². The van der Waals surface area contributed by atoms with Crippen molar-refractivity contribution < 1.29 is 27.8 Å². The fourth-order valence-electron chi connectivity index (χ4n) is 5.23. The van der Waals surface area contributed by atoms with Crippen LogP contribution in [0.1, 0.15) is 17.7 Å². The molecule has 3 heterocycles. The molecule has 7 nitrogen and oxygen atoms in total. The molecule has 11 heteroatoms. The summed E-state index contributed by atoms with van der Waals surface area (Å²) in [6, 6.07) is 22.8. The number of hydrogen-bond donors (Lipinski definition) is 1. The maximum atomic E-state index is 13.8. The van der Waals surface area contributed by atoms with Crippen LogP contribution in [0.15, 0.2) is 89.8 Å². The van der Waals surface area contributed by atoms with Gasteiger partial charge in [0.05, 0.1) is 23.9 Å². The molecule has 0 bridgehead atoms. The summed E-state index contributed by atoms with van der Waals surface area (Å²) >= 11 is 7.43. The van der Waals surface area contributed by atoms with E-state index in [4.69, 9.17) is 21.1 Å². The van der Waals surface area contributed by atoms with Crippen LogP contribution in [0.25, 0.3) is 0 Å². The number of aromatic nitrogens is 1. The molecule has 1 N–H and O–H groups in total. The number of hydrogen-bond acceptors (Lipinski definition) is 7. The first kappa shape index (κ1) is 29.1. The van der Waals surface area contributed by atoms with Gasteiger partial charge in [0.2, 0.25) is 11.8 Å². The second-order valence-corrected chi connectivity index (χ2v) is 11.7. The molecule has 2 unspecified atom stereocenters. The number of benzene rings is 3. The molecule has 2 aliphatic heterocycles. The SMILES string of the molecule is O=C1CC(c2ccc(N3CCOCC3)cc2)(c2cccc(Oc3ccc(F)c(F)c3)n2)NC(=O)C1Sc1ccccc1Cl. The average molecular weight is 622 g/mol. The second kappa shape index (κ2) is 12.3. The minimum atomic E-state index is -1.32. The van der Waals surface area contributed by atoms with Gasteiger partial charge in [0.1, 0.15) is 16.5 Å². The summed E-state index contributed by atoms with van der Waals surface area (Å²) in [4.78, 5) is 34.9. The number of nitrogens with zero attached hydrogens (tertiary/aromatic N) is 2. The highest BCUT2D eigenvalue weighted by molar-refractivity contribution is 8.01. The maximum absolute atomic E-state index is 13.8. The molecule has 2 saturated heterocycles. The first-order chi connectivity index (χ1) is 20.8. The molecular weight excluding hydrogens is 596 g/mol. The molecule has 2 fully saturated rings. The Hall–Kier alpha value is -3.99. The third kappa shape index (κ3) is 6.08. The Morgan fingerprint density at radius 3 is 2.44 bits per heavy atom. The van der Waals surface area contributed by atoms with Gasteiger partial charge in [-0.2, -0.15) is 0 Å². The molecule has 0 spiro atoms. The Morgan fingerprint density at radius 1 is 0.953 bits per heavy atom. The van der Waals surface area contributed by atoms with Gasteiger partial charge < -0.3 is 19.7 Å². The van der Waals surface area contributed by atoms with Gasteiger partial charge in [-0.1, -0.05) is 41.9 Å². The Labute approximate surface area is 256 Å². The summed E-state index contributed by atoms with van der Waals surface area (Å²) in [6.45, 7) is 2.78. The molecule has 43 heavy (non-hydrogen) atoms. The van der Waals surface area contributed by atoms with E-state index in [1.54, 1.807) is 42.5 Å². The minimum Gasteiger partial charge on any atom is -0.439 e. The molecule has 3 aromatic carbocycles. The number of piperidine rings is 1. The Kier molecular flexibility index (Phi) is 8.34. The van der Waals surface area contributed by atoms with Gasteiger partial charge in [0, 0.05) is 42.2 Å². The molecule has 0 saturated carbocycles. The van der Waals surface area contributed by atoms with Crippen LogP contribution in [-0.4, -0.2) is 48.2 Å². The van der Waals surface area contributed by atoms with Crippen molar-refractivity contribution in [3.05, 3.63) is 113 Å². The van der Waals surface area contributed by atoms with Crippen molar-refractivity contribution in [3.63, 3.8) is 0 Å². The fraction of sp³-hybridized carbons (Fsp3) is 0.219. The van der Waals surface area contributed by atoms with Gasteiger partial charge in [0.15, 0.2) is 17.4 Å². The largest absolute Gasteiger partial charge is 0.439 e. The van der Waals surface area contributed by atoms with E-state index in [0.717, 1.165) is 42.7 Å². The summed E-state index contributed by atoms with van der Waals surface area (Å²) in [7, 11) is 0. The van der Waals surface area contributed by atoms with Crippen LogP contribution in [-0.2, 0) is 19.9 Å². The van der Waals surface area contributed by atoms with Crippen LogP contribution in [0.5, 0.6) is 11.6 Å². The number of anilines is 1. The van der Waals surface area contributed by atoms with E-state index in [2.05, 4.69) is 15.2 Å². The third-order valence-electron chi connectivity index (χ3n) is 7.40. The van der Waals surface area contributed by atoms with Gasteiger partial charge in [0.25, 0.3) is 0 Å². The lowest BCUT2D eigenvalue weighted by atomic mass is 9.78. The van der Waals surface area contributed by atoms with E-state index >= 15 is 0 Å². The predicted octanol–water partition coefficient (Wildman–Crippen LogP) is 6.14. The number of morpholine rings is 1. The number of halogens is 3. The molecular formula is C32H26ClF2N3O4S. The highest BCUT2D eigenvalue weighted by Crippen LogP contribution is 2.41. The normalized spacial score (nSPS) is 20.5. The molecule has 1 aromatic heterocycles. The van der Waals surface area contributed by atoms with Crippen molar-refractivity contribution in [2.45, 2.75) is 22.1 Å². The number of thioether (sulfide) groups is 1. The number of carbonyl (C=O) groups is 2. The fourth-order valence-corrected chi connectivity index (χ4v) is 6.47. The summed E-state index contributed by atoms with van der Waals surface area (Å²) in [6.07, 6.45) is -0.0839. The van der Waals surface area contributed by atoms with Crippen molar-refractivity contribution in [3.8, 4) is 11.6 Å². The van der Waals surface area contributed by atoms with E-state index in [1.165, 1.54) is 6.07 Å². The second-order valence-electron chi connectivity index (χ2n) is 10.2. The minimum absolute atomic E-state index is 0.0485. The molecule has 2 aliphatic rings. The van der Waals surface area contributed by atoms with Crippen molar-refractivity contribution in [1.29, 1.82) is 0 Å². The van der Waals surface area contributed by atoms with Crippen LogP contribution in [0.2, 0.25) is 5.02 Å². The van der Waals surface area contributed by atoms with Gasteiger partial charge in [-0.05, 0) is 48.0 Å². The number of pyridine rings is 1. The molecule has 2 atom stereocenters. The first-order valence-corrected chi connectivity index (χ1v) is 14.9. The lowest BCUT2D eigenvalue weighted by Crippen LogP contribution is -2.58. The number of amides is 1. The number of Topliss-reactive ketones (excluding diaryl/α,β-unsaturated/α-hetero) is 1. The average Bonchev–Trinajstić information content (AvgIpc) is 3.02. The third-order valence-corrected chi connectivity index (χ3v) is 9.16. The van der Waals surface area contributed by atoms with Crippen molar-refractivity contribution in [1.82, 2.24) is 10.3 Å². The standard InChI is InChI=1S/C32H26ClF2N3O4S/c33-23-4-1-2-5-27(23)43-30-26(39)19-32(37-31(30)40,20-8-10-21(11-9-20)38-14-16-41-17-15-38)28-6-3-7-29(36-28)42-22-12-13-24(34)25(35)18-22/h1-13,18,30H,14-17,19H2,(H,37,40). The number of ketones is 1. The number of carbonyl (C=O) groups excluding carboxylic acids is 2. The lowest BCUT2D eigenvalue weighted by molar-refractivity contribution is -0.133. The Bertz CT molecular complexity index is 1650. The summed E-state index contributed by atoms with van der Waals surface area (Å²) in [5, 5.41) is 2.54. The quantitative estimate of drug-likeness (QED) is 0.249. The maximum Gasteiger partial charge on any atom is 0.242 e. The highest BCUT2D eigenvalue weighted by Gasteiger charge is 2.48. The van der Waals surface area contributed by atoms with E-state index in [-0.39, 0.29) is 23.8 Å². The topological polar surface area (TPSA) is 80.8 Å². The number of nitrogens with one attached hydrogen (secondary N) is 1. The van der Waals surface area contributed by atoms with Crippen LogP contribution in [0.3, 0.4) is 0 Å². The summed E-state index contributed by atoms with van der Waals surface area (Å²) in [5.41, 5.74) is 0.688. The van der Waals surface area contributed by atoms with E-state index in [0.29, 0.717) is 34.4 Å². The molecule has 0 radical (unpaired) electrons. The molecule has 0 aliphatic carbocycles. The Balaban J connectivity index is 1.36. The number of rotatable bonds is 7. The Morgan fingerprint density at radius 2 is 1.72 bits per heavy atom. The van der Waals surface area contributed by atoms with Crippen molar-refractivity contribution in [2.75, 3.05) is 31.2 Å². The number of ether oxygens (including phenoxy) is 2. The van der Waals surface area contributed by atoms with Crippen molar-refractivity contribution in [2.24, 2.45) is 0 Å². The zero-order valence-corrected chi connectivity index (χ0v) is 24.3. The van der Waals surface area contributed by atoms with Crippen LogP contribution >= 0.6 is 23.4 Å². The molecule has 220 valence electrons. The van der Waals surface area contributed by atoms with E-state index < -0.39 is 28.3 Å². The van der Waals surface area contributed by atoms with Crippen LogP contribution in [0.4, 0.5) is 14.5 Å². The molecule has 1 amide bonds. The zero-order chi connectivity index (χ0) is 30.0. The molecule has 6 rings (SSSR count). The highest BCUT2D eigenvalue weighted by atomic mass is 35.5. The van der Waals surface area contributed by atoms with Crippen molar-refractivity contribution >= 4 is 40.7 Å². The van der Waals surface area contributed by atoms with E-state index in [9.17, 15) is 18.4 Å². The zero-order valence-electron chi connectivity index (χ0n) is 22.8. The summed E-state index contributed by atoms with van der Waals surface area (Å²) < 4.78 is 38.5. The predicted molar refractivity (Wildman–Crippen MR) is 160 cm³/mol. The van der Waals surface area contributed by atoms with Gasteiger partial charge in [-0.3, -0.25) is 9.59 Å². The monoisotopic (exact) mass is 621 g/mol. The van der Waals surface area contributed by atoms with Gasteiger partial charge in [-0.15, -0.1) is 11.8 Å². The van der Waals surface area contributed by atoms with Gasteiger partial charge in [-0.25, -0.2) is 13.8 Å². The summed E-state index contributed by atoms with van der Waals surface area (Å²) in [5.74, 6) is -2.69. The van der Waals surface area contributed by atoms with Gasteiger partial charge >= 0.3 is 0 Å².